The first kappa shape index (κ1) is 13.0. The van der Waals surface area contributed by atoms with Crippen LogP contribution in [0.1, 0.15) is 52.9 Å². The van der Waals surface area contributed by atoms with E-state index in [1.54, 1.807) is 0 Å². The predicted molar refractivity (Wildman–Crippen MR) is 64.9 cm³/mol. The van der Waals surface area contributed by atoms with Crippen molar-refractivity contribution in [2.75, 3.05) is 13.2 Å². The Labute approximate surface area is 94.5 Å². The van der Waals surface area contributed by atoms with E-state index in [1.165, 1.54) is 25.7 Å². The molecule has 2 heteroatoms. The van der Waals surface area contributed by atoms with Crippen LogP contribution in [-0.2, 0) is 0 Å². The molecule has 2 atom stereocenters. The minimum Gasteiger partial charge on any atom is -0.396 e. The standard InChI is InChI=1S/C13H27NO/c1-11-5-6-12(9-11)14-8-4-7-13(2,3)10-15/h11-12,14-15H,4-10H2,1-3H3. The molecule has 1 aliphatic rings. The third-order valence-electron chi connectivity index (χ3n) is 3.59. The largest absolute Gasteiger partial charge is 0.396 e. The van der Waals surface area contributed by atoms with Crippen LogP contribution < -0.4 is 5.32 Å². The molecular weight excluding hydrogens is 186 g/mol. The Morgan fingerprint density at radius 2 is 2.07 bits per heavy atom. The molecule has 0 radical (unpaired) electrons. The Morgan fingerprint density at radius 1 is 1.33 bits per heavy atom. The van der Waals surface area contributed by atoms with Gasteiger partial charge in [-0.3, -0.25) is 0 Å². The van der Waals surface area contributed by atoms with E-state index in [4.69, 9.17) is 5.11 Å². The van der Waals surface area contributed by atoms with Crippen molar-refractivity contribution >= 4 is 0 Å². The van der Waals surface area contributed by atoms with E-state index in [9.17, 15) is 0 Å². The van der Waals surface area contributed by atoms with Crippen molar-refractivity contribution in [2.24, 2.45) is 11.3 Å². The molecule has 0 amide bonds. The second-order valence-electron chi connectivity index (χ2n) is 6.00. The lowest BCUT2D eigenvalue weighted by Gasteiger charge is -2.22. The molecule has 1 rings (SSSR count). The van der Waals surface area contributed by atoms with E-state index in [2.05, 4.69) is 26.1 Å². The van der Waals surface area contributed by atoms with Crippen molar-refractivity contribution < 1.29 is 5.11 Å². The molecule has 2 unspecified atom stereocenters. The summed E-state index contributed by atoms with van der Waals surface area (Å²) in [6.07, 6.45) is 6.38. The lowest BCUT2D eigenvalue weighted by Crippen LogP contribution is -2.28. The van der Waals surface area contributed by atoms with Gasteiger partial charge in [-0.1, -0.05) is 20.8 Å². The van der Waals surface area contributed by atoms with Crippen LogP contribution in [-0.4, -0.2) is 24.3 Å². The SMILES string of the molecule is CC1CCC(NCCCC(C)(C)CO)C1. The number of nitrogens with one attached hydrogen (secondary N) is 1. The number of aliphatic hydroxyl groups is 1. The minimum absolute atomic E-state index is 0.102. The Balaban J connectivity index is 2.02. The second kappa shape index (κ2) is 5.86. The normalized spacial score (nSPS) is 27.2. The highest BCUT2D eigenvalue weighted by Gasteiger charge is 2.21. The van der Waals surface area contributed by atoms with Crippen LogP contribution in [0.2, 0.25) is 0 Å². The van der Waals surface area contributed by atoms with Gasteiger partial charge in [0.15, 0.2) is 0 Å². The molecule has 0 aromatic carbocycles. The summed E-state index contributed by atoms with van der Waals surface area (Å²) < 4.78 is 0. The van der Waals surface area contributed by atoms with Crippen molar-refractivity contribution in [1.82, 2.24) is 5.32 Å². The first-order chi connectivity index (χ1) is 7.03. The summed E-state index contributed by atoms with van der Waals surface area (Å²) in [6, 6.07) is 0.761. The molecule has 1 fully saturated rings. The van der Waals surface area contributed by atoms with E-state index in [1.807, 2.05) is 0 Å². The van der Waals surface area contributed by atoms with Gasteiger partial charge in [-0.15, -0.1) is 0 Å². The van der Waals surface area contributed by atoms with Gasteiger partial charge in [0.1, 0.15) is 0 Å². The number of hydrogen-bond donors (Lipinski definition) is 2. The van der Waals surface area contributed by atoms with Gasteiger partial charge < -0.3 is 10.4 Å². The molecule has 0 spiro atoms. The molecule has 0 aromatic heterocycles. The van der Waals surface area contributed by atoms with Crippen LogP contribution in [0.15, 0.2) is 0 Å². The van der Waals surface area contributed by atoms with Crippen molar-refractivity contribution in [2.45, 2.75) is 58.9 Å². The average molecular weight is 213 g/mol. The quantitative estimate of drug-likeness (QED) is 0.665. The van der Waals surface area contributed by atoms with Gasteiger partial charge in [0, 0.05) is 12.6 Å². The summed E-state index contributed by atoms with van der Waals surface area (Å²) >= 11 is 0. The lowest BCUT2D eigenvalue weighted by atomic mass is 9.89. The van der Waals surface area contributed by atoms with E-state index >= 15 is 0 Å². The van der Waals surface area contributed by atoms with Crippen molar-refractivity contribution in [3.63, 3.8) is 0 Å². The van der Waals surface area contributed by atoms with Gasteiger partial charge in [-0.25, -0.2) is 0 Å². The molecule has 0 heterocycles. The summed E-state index contributed by atoms with van der Waals surface area (Å²) in [5.41, 5.74) is 0.102. The number of rotatable bonds is 6. The summed E-state index contributed by atoms with van der Waals surface area (Å²) in [5.74, 6) is 0.913. The monoisotopic (exact) mass is 213 g/mol. The average Bonchev–Trinajstić information content (AvgIpc) is 2.59. The van der Waals surface area contributed by atoms with Crippen LogP contribution in [0.5, 0.6) is 0 Å². The van der Waals surface area contributed by atoms with E-state index in [-0.39, 0.29) is 5.41 Å². The molecule has 0 aromatic rings. The highest BCUT2D eigenvalue weighted by Crippen LogP contribution is 2.25. The minimum atomic E-state index is 0.102. The van der Waals surface area contributed by atoms with Crippen LogP contribution in [0.4, 0.5) is 0 Å². The molecule has 2 nitrogen and oxygen atoms in total. The first-order valence-electron chi connectivity index (χ1n) is 6.38. The summed E-state index contributed by atoms with van der Waals surface area (Å²) in [4.78, 5) is 0. The molecule has 0 saturated heterocycles. The van der Waals surface area contributed by atoms with Crippen LogP contribution >= 0.6 is 0 Å². The Hall–Kier alpha value is -0.0800. The third kappa shape index (κ3) is 4.98. The lowest BCUT2D eigenvalue weighted by molar-refractivity contribution is 0.147. The molecule has 1 saturated carbocycles. The Morgan fingerprint density at radius 3 is 2.60 bits per heavy atom. The maximum absolute atomic E-state index is 9.12. The zero-order chi connectivity index (χ0) is 11.3. The van der Waals surface area contributed by atoms with Gasteiger partial charge in [0.25, 0.3) is 0 Å². The van der Waals surface area contributed by atoms with E-state index < -0.39 is 0 Å². The molecule has 15 heavy (non-hydrogen) atoms. The third-order valence-corrected chi connectivity index (χ3v) is 3.59. The predicted octanol–water partition coefficient (Wildman–Crippen LogP) is 2.56. The molecule has 2 N–H and O–H groups in total. The van der Waals surface area contributed by atoms with Gasteiger partial charge in [0.05, 0.1) is 0 Å². The van der Waals surface area contributed by atoms with Crippen LogP contribution in [0.25, 0.3) is 0 Å². The highest BCUT2D eigenvalue weighted by molar-refractivity contribution is 4.78. The van der Waals surface area contributed by atoms with E-state index in [0.717, 1.165) is 24.9 Å². The fourth-order valence-corrected chi connectivity index (χ4v) is 2.34. The molecule has 90 valence electrons. The Bertz CT molecular complexity index is 179. The van der Waals surface area contributed by atoms with Crippen molar-refractivity contribution in [1.29, 1.82) is 0 Å². The summed E-state index contributed by atoms with van der Waals surface area (Å²) in [7, 11) is 0. The van der Waals surface area contributed by atoms with Crippen molar-refractivity contribution in [3.05, 3.63) is 0 Å². The van der Waals surface area contributed by atoms with Gasteiger partial charge in [-0.2, -0.15) is 0 Å². The highest BCUT2D eigenvalue weighted by atomic mass is 16.3. The van der Waals surface area contributed by atoms with Crippen molar-refractivity contribution in [3.8, 4) is 0 Å². The smallest absolute Gasteiger partial charge is 0.0482 e. The topological polar surface area (TPSA) is 32.3 Å². The molecule has 0 aliphatic heterocycles. The van der Waals surface area contributed by atoms with Crippen LogP contribution in [0, 0.1) is 11.3 Å². The fraction of sp³-hybridized carbons (Fsp3) is 1.00. The second-order valence-corrected chi connectivity index (χ2v) is 6.00. The van der Waals surface area contributed by atoms with Gasteiger partial charge >= 0.3 is 0 Å². The van der Waals surface area contributed by atoms with Gasteiger partial charge in [-0.05, 0) is 50.0 Å². The van der Waals surface area contributed by atoms with Gasteiger partial charge in [0.2, 0.25) is 0 Å². The molecular formula is C13H27NO. The Kier molecular flexibility index (Phi) is 5.07. The summed E-state index contributed by atoms with van der Waals surface area (Å²) in [6.45, 7) is 8.01. The van der Waals surface area contributed by atoms with Crippen LogP contribution in [0.3, 0.4) is 0 Å². The maximum atomic E-state index is 9.12. The number of aliphatic hydroxyl groups excluding tert-OH is 1. The summed E-state index contributed by atoms with van der Waals surface area (Å²) in [5, 5.41) is 12.7. The maximum Gasteiger partial charge on any atom is 0.0482 e. The first-order valence-corrected chi connectivity index (χ1v) is 6.38. The van der Waals surface area contributed by atoms with E-state index in [0.29, 0.717) is 6.61 Å². The fourth-order valence-electron chi connectivity index (χ4n) is 2.34. The zero-order valence-electron chi connectivity index (χ0n) is 10.6. The molecule has 0 bridgehead atoms. The molecule has 1 aliphatic carbocycles. The number of hydrogen-bond acceptors (Lipinski definition) is 2. The zero-order valence-corrected chi connectivity index (χ0v) is 10.6.